The Labute approximate surface area is 124 Å². The van der Waals surface area contributed by atoms with E-state index in [4.69, 9.17) is 15.2 Å². The molecule has 0 spiro atoms. The maximum absolute atomic E-state index is 11.7. The topological polar surface area (TPSA) is 61.5 Å². The van der Waals surface area contributed by atoms with Crippen molar-refractivity contribution in [3.63, 3.8) is 0 Å². The summed E-state index contributed by atoms with van der Waals surface area (Å²) < 4.78 is 10.6. The zero-order valence-corrected chi connectivity index (χ0v) is 12.7. The molecule has 0 aromatic heterocycles. The molecule has 110 valence electrons. The van der Waals surface area contributed by atoms with Crippen molar-refractivity contribution >= 4 is 11.7 Å². The normalized spacial score (nSPS) is 10.3. The van der Waals surface area contributed by atoms with Crippen LogP contribution in [-0.4, -0.2) is 13.1 Å². The number of methoxy groups -OCH3 is 1. The van der Waals surface area contributed by atoms with Gasteiger partial charge < -0.3 is 15.2 Å². The molecule has 0 saturated carbocycles. The highest BCUT2D eigenvalue weighted by Gasteiger charge is 2.14. The largest absolute Gasteiger partial charge is 0.465 e. The van der Waals surface area contributed by atoms with E-state index in [0.29, 0.717) is 17.0 Å². The molecule has 2 aromatic rings. The van der Waals surface area contributed by atoms with E-state index in [2.05, 4.69) is 0 Å². The molecule has 0 aliphatic heterocycles. The molecular formula is C17H19NO3. The molecular weight excluding hydrogens is 266 g/mol. The number of anilines is 1. The maximum atomic E-state index is 11.7. The van der Waals surface area contributed by atoms with Crippen molar-refractivity contribution in [2.24, 2.45) is 0 Å². The van der Waals surface area contributed by atoms with Gasteiger partial charge in [-0.1, -0.05) is 6.07 Å². The molecule has 0 aliphatic rings. The molecule has 4 nitrogen and oxygen atoms in total. The van der Waals surface area contributed by atoms with Crippen molar-refractivity contribution in [3.8, 4) is 11.5 Å². The Kier molecular flexibility index (Phi) is 4.17. The molecule has 2 rings (SSSR count). The van der Waals surface area contributed by atoms with Crippen LogP contribution in [0, 0.1) is 20.8 Å². The predicted octanol–water partition coefficient (Wildman–Crippen LogP) is 3.77. The molecule has 0 radical (unpaired) electrons. The van der Waals surface area contributed by atoms with Gasteiger partial charge in [-0.05, 0) is 61.7 Å². The van der Waals surface area contributed by atoms with Gasteiger partial charge in [0.25, 0.3) is 0 Å². The van der Waals surface area contributed by atoms with Crippen LogP contribution < -0.4 is 10.5 Å². The van der Waals surface area contributed by atoms with Crippen molar-refractivity contribution in [3.05, 3.63) is 52.6 Å². The summed E-state index contributed by atoms with van der Waals surface area (Å²) in [6, 6.07) is 9.25. The van der Waals surface area contributed by atoms with Crippen LogP contribution in [0.3, 0.4) is 0 Å². The SMILES string of the molecule is COC(=O)c1cc(Oc2ccc(C)c(C)c2)cc(C)c1N. The number of carbonyl (C=O) groups is 1. The fourth-order valence-electron chi connectivity index (χ4n) is 2.02. The number of ether oxygens (including phenoxy) is 2. The lowest BCUT2D eigenvalue weighted by atomic mass is 10.1. The fraction of sp³-hybridized carbons (Fsp3) is 0.235. The summed E-state index contributed by atoms with van der Waals surface area (Å²) in [4.78, 5) is 11.7. The van der Waals surface area contributed by atoms with Gasteiger partial charge >= 0.3 is 5.97 Å². The molecule has 0 amide bonds. The van der Waals surface area contributed by atoms with Gasteiger partial charge in [-0.3, -0.25) is 0 Å². The Hall–Kier alpha value is -2.49. The summed E-state index contributed by atoms with van der Waals surface area (Å²) in [6.07, 6.45) is 0. The van der Waals surface area contributed by atoms with Gasteiger partial charge in [0, 0.05) is 5.69 Å². The van der Waals surface area contributed by atoms with E-state index in [0.717, 1.165) is 16.9 Å². The summed E-state index contributed by atoms with van der Waals surface area (Å²) in [5, 5.41) is 0. The Balaban J connectivity index is 2.38. The van der Waals surface area contributed by atoms with E-state index in [1.165, 1.54) is 12.7 Å². The Morgan fingerprint density at radius 2 is 1.62 bits per heavy atom. The Morgan fingerprint density at radius 1 is 0.952 bits per heavy atom. The van der Waals surface area contributed by atoms with E-state index in [1.54, 1.807) is 12.1 Å². The second kappa shape index (κ2) is 5.87. The molecule has 2 aromatic carbocycles. The standard InChI is InChI=1S/C17H19NO3/c1-10-5-6-13(7-11(10)2)21-14-8-12(3)16(18)15(9-14)17(19)20-4/h5-9H,18H2,1-4H3. The summed E-state index contributed by atoms with van der Waals surface area (Å²) in [7, 11) is 1.33. The van der Waals surface area contributed by atoms with Crippen LogP contribution in [0.25, 0.3) is 0 Å². The number of nitrogens with two attached hydrogens (primary N) is 1. The van der Waals surface area contributed by atoms with Gasteiger partial charge in [-0.15, -0.1) is 0 Å². The van der Waals surface area contributed by atoms with Crippen molar-refractivity contribution in [1.82, 2.24) is 0 Å². The quantitative estimate of drug-likeness (QED) is 0.688. The Bertz CT molecular complexity index is 693. The van der Waals surface area contributed by atoms with Crippen LogP contribution in [-0.2, 0) is 4.74 Å². The molecule has 0 unspecified atom stereocenters. The minimum absolute atomic E-state index is 0.316. The lowest BCUT2D eigenvalue weighted by Gasteiger charge is -2.12. The number of hydrogen-bond donors (Lipinski definition) is 1. The van der Waals surface area contributed by atoms with Crippen LogP contribution in [0.5, 0.6) is 11.5 Å². The second-order valence-corrected chi connectivity index (χ2v) is 5.04. The van der Waals surface area contributed by atoms with Gasteiger partial charge in [-0.2, -0.15) is 0 Å². The first-order valence-electron chi connectivity index (χ1n) is 6.66. The number of nitrogen functional groups attached to an aromatic ring is 1. The highest BCUT2D eigenvalue weighted by atomic mass is 16.5. The zero-order chi connectivity index (χ0) is 15.6. The fourth-order valence-corrected chi connectivity index (χ4v) is 2.02. The van der Waals surface area contributed by atoms with Crippen molar-refractivity contribution in [2.75, 3.05) is 12.8 Å². The molecule has 0 heterocycles. The molecule has 2 N–H and O–H groups in total. The minimum Gasteiger partial charge on any atom is -0.465 e. The van der Waals surface area contributed by atoms with Gasteiger partial charge in [0.05, 0.1) is 12.7 Å². The molecule has 0 bridgehead atoms. The van der Waals surface area contributed by atoms with Crippen molar-refractivity contribution < 1.29 is 14.3 Å². The number of rotatable bonds is 3. The molecule has 4 heteroatoms. The van der Waals surface area contributed by atoms with Gasteiger partial charge in [0.1, 0.15) is 11.5 Å². The molecule has 0 saturated heterocycles. The van der Waals surface area contributed by atoms with Crippen LogP contribution >= 0.6 is 0 Å². The smallest absolute Gasteiger partial charge is 0.340 e. The average molecular weight is 285 g/mol. The minimum atomic E-state index is -0.471. The number of aryl methyl sites for hydroxylation is 3. The van der Waals surface area contributed by atoms with Crippen LogP contribution in [0.4, 0.5) is 5.69 Å². The molecule has 0 fully saturated rings. The number of esters is 1. The van der Waals surface area contributed by atoms with E-state index in [1.807, 2.05) is 39.0 Å². The average Bonchev–Trinajstić information content (AvgIpc) is 2.45. The third-order valence-corrected chi connectivity index (χ3v) is 3.48. The van der Waals surface area contributed by atoms with Crippen molar-refractivity contribution in [2.45, 2.75) is 20.8 Å². The van der Waals surface area contributed by atoms with Crippen LogP contribution in [0.1, 0.15) is 27.0 Å². The van der Waals surface area contributed by atoms with Crippen LogP contribution in [0.15, 0.2) is 30.3 Å². The first-order valence-corrected chi connectivity index (χ1v) is 6.66. The maximum Gasteiger partial charge on any atom is 0.340 e. The second-order valence-electron chi connectivity index (χ2n) is 5.04. The van der Waals surface area contributed by atoms with Crippen molar-refractivity contribution in [1.29, 1.82) is 0 Å². The number of benzene rings is 2. The van der Waals surface area contributed by atoms with E-state index in [9.17, 15) is 4.79 Å². The predicted molar refractivity (Wildman–Crippen MR) is 82.9 cm³/mol. The summed E-state index contributed by atoms with van der Waals surface area (Å²) in [5.41, 5.74) is 9.76. The zero-order valence-electron chi connectivity index (χ0n) is 12.7. The summed E-state index contributed by atoms with van der Waals surface area (Å²) in [5.74, 6) is 0.810. The first-order chi connectivity index (χ1) is 9.92. The summed E-state index contributed by atoms with van der Waals surface area (Å²) >= 11 is 0. The van der Waals surface area contributed by atoms with Gasteiger partial charge in [0.15, 0.2) is 0 Å². The highest BCUT2D eigenvalue weighted by Crippen LogP contribution is 2.29. The van der Waals surface area contributed by atoms with Gasteiger partial charge in [0.2, 0.25) is 0 Å². The van der Waals surface area contributed by atoms with Crippen LogP contribution in [0.2, 0.25) is 0 Å². The third-order valence-electron chi connectivity index (χ3n) is 3.48. The highest BCUT2D eigenvalue weighted by molar-refractivity contribution is 5.96. The number of hydrogen-bond acceptors (Lipinski definition) is 4. The van der Waals surface area contributed by atoms with E-state index < -0.39 is 5.97 Å². The molecule has 21 heavy (non-hydrogen) atoms. The van der Waals surface area contributed by atoms with E-state index in [-0.39, 0.29) is 0 Å². The monoisotopic (exact) mass is 285 g/mol. The third kappa shape index (κ3) is 3.16. The lowest BCUT2D eigenvalue weighted by Crippen LogP contribution is -2.07. The molecule has 0 aliphatic carbocycles. The number of carbonyl (C=O) groups excluding carboxylic acids is 1. The lowest BCUT2D eigenvalue weighted by molar-refractivity contribution is 0.0601. The van der Waals surface area contributed by atoms with Gasteiger partial charge in [-0.25, -0.2) is 4.79 Å². The Morgan fingerprint density at radius 3 is 2.24 bits per heavy atom. The first kappa shape index (κ1) is 14.9. The summed E-state index contributed by atoms with van der Waals surface area (Å²) in [6.45, 7) is 5.90. The van der Waals surface area contributed by atoms with E-state index >= 15 is 0 Å². The molecule has 0 atom stereocenters.